The molecule has 1 radical (unpaired) electrons. The highest BCUT2D eigenvalue weighted by Crippen LogP contribution is 2.36. The first-order chi connectivity index (χ1) is 17.8. The number of ether oxygens (including phenoxy) is 1. The summed E-state index contributed by atoms with van der Waals surface area (Å²) in [5, 5.41) is 7.67. The molecule has 1 fully saturated rings. The van der Waals surface area contributed by atoms with Crippen molar-refractivity contribution < 1.29 is 27.5 Å². The van der Waals surface area contributed by atoms with E-state index in [1.807, 2.05) is 11.4 Å². The molecule has 0 spiro atoms. The Morgan fingerprint density at radius 3 is 2.81 bits per heavy atom. The Morgan fingerprint density at radius 2 is 2.05 bits per heavy atom. The number of hydrogen-bond donors (Lipinski definition) is 0. The second kappa shape index (κ2) is 10.6. The minimum Gasteiger partial charge on any atom is -0.466 e. The first kappa shape index (κ1) is 25.4. The molecule has 5 rings (SSSR count). The number of halogens is 4. The topological polar surface area (TPSA) is 89.8 Å². The summed E-state index contributed by atoms with van der Waals surface area (Å²) in [5.41, 5.74) is 1.00. The molecule has 0 N–H and O–H groups in total. The number of aromatic nitrogens is 3. The maximum atomic E-state index is 13.0. The van der Waals surface area contributed by atoms with E-state index in [1.54, 1.807) is 17.0 Å². The molecule has 13 heteroatoms. The van der Waals surface area contributed by atoms with Crippen molar-refractivity contribution in [1.29, 1.82) is 0 Å². The lowest BCUT2D eigenvalue weighted by Crippen LogP contribution is -2.40. The molecule has 0 bridgehead atoms. The van der Waals surface area contributed by atoms with Gasteiger partial charge in [0.1, 0.15) is 5.71 Å². The van der Waals surface area contributed by atoms with Crippen LogP contribution in [-0.4, -0.2) is 51.2 Å². The average Bonchev–Trinajstić information content (AvgIpc) is 3.58. The molecule has 193 valence electrons. The van der Waals surface area contributed by atoms with Gasteiger partial charge >= 0.3 is 6.18 Å². The van der Waals surface area contributed by atoms with E-state index in [-0.39, 0.29) is 12.0 Å². The van der Waals surface area contributed by atoms with Crippen LogP contribution in [0.4, 0.5) is 13.2 Å². The van der Waals surface area contributed by atoms with Gasteiger partial charge in [-0.2, -0.15) is 13.2 Å². The van der Waals surface area contributed by atoms with Crippen molar-refractivity contribution in [3.8, 4) is 5.88 Å². The molecule has 2 aromatic heterocycles. The van der Waals surface area contributed by atoms with Gasteiger partial charge in [0.05, 0.1) is 10.7 Å². The summed E-state index contributed by atoms with van der Waals surface area (Å²) < 4.78 is 44.2. The number of rotatable bonds is 6. The SMILES string of the molecule is O=C(COc1nccnc1C(F)(F)F)N1CCC(c2nc(C3=NOC(c4[c]cccc4Cl)C3)cs2)CC1. The second-order valence-corrected chi connectivity index (χ2v) is 9.79. The minimum absolute atomic E-state index is 0.163. The summed E-state index contributed by atoms with van der Waals surface area (Å²) in [7, 11) is 0. The van der Waals surface area contributed by atoms with Crippen LogP contribution in [0.25, 0.3) is 0 Å². The smallest absolute Gasteiger partial charge is 0.438 e. The molecule has 2 aliphatic heterocycles. The highest BCUT2D eigenvalue weighted by molar-refractivity contribution is 7.10. The van der Waals surface area contributed by atoms with Crippen LogP contribution < -0.4 is 4.74 Å². The van der Waals surface area contributed by atoms with Crippen molar-refractivity contribution in [3.63, 3.8) is 0 Å². The van der Waals surface area contributed by atoms with Crippen LogP contribution in [0.3, 0.4) is 0 Å². The van der Waals surface area contributed by atoms with Crippen LogP contribution in [0, 0.1) is 6.07 Å². The van der Waals surface area contributed by atoms with Gasteiger partial charge in [-0.1, -0.05) is 28.9 Å². The lowest BCUT2D eigenvalue weighted by Gasteiger charge is -2.31. The lowest BCUT2D eigenvalue weighted by molar-refractivity contribution is -0.144. The number of carbonyl (C=O) groups excluding carboxylic acids is 1. The van der Waals surface area contributed by atoms with Crippen molar-refractivity contribution >= 4 is 34.6 Å². The van der Waals surface area contributed by atoms with E-state index in [9.17, 15) is 18.0 Å². The molecule has 3 aromatic rings. The van der Waals surface area contributed by atoms with Crippen LogP contribution in [0.5, 0.6) is 5.88 Å². The molecule has 0 aliphatic carbocycles. The number of likely N-dealkylation sites (tertiary alicyclic amines) is 1. The van der Waals surface area contributed by atoms with Crippen LogP contribution in [0.2, 0.25) is 5.02 Å². The number of nitrogens with zero attached hydrogens (tertiary/aromatic N) is 5. The third-order valence-electron chi connectivity index (χ3n) is 6.11. The van der Waals surface area contributed by atoms with E-state index in [2.05, 4.69) is 21.2 Å². The highest BCUT2D eigenvalue weighted by Gasteiger charge is 2.37. The Kier molecular flexibility index (Phi) is 7.29. The summed E-state index contributed by atoms with van der Waals surface area (Å²) in [5.74, 6) is -0.949. The first-order valence-corrected chi connectivity index (χ1v) is 12.7. The predicted molar refractivity (Wildman–Crippen MR) is 128 cm³/mol. The monoisotopic (exact) mass is 550 g/mol. The number of alkyl halides is 3. The van der Waals surface area contributed by atoms with E-state index >= 15 is 0 Å². The van der Waals surface area contributed by atoms with Gasteiger partial charge in [0, 0.05) is 53.8 Å². The number of amides is 1. The number of piperidine rings is 1. The molecule has 37 heavy (non-hydrogen) atoms. The molecule has 1 saturated heterocycles. The number of benzene rings is 1. The Morgan fingerprint density at radius 1 is 1.27 bits per heavy atom. The summed E-state index contributed by atoms with van der Waals surface area (Å²) in [6, 6.07) is 8.48. The molecule has 1 atom stereocenters. The van der Waals surface area contributed by atoms with E-state index in [4.69, 9.17) is 26.2 Å². The van der Waals surface area contributed by atoms with Crippen molar-refractivity contribution in [3.05, 3.63) is 69.0 Å². The zero-order valence-corrected chi connectivity index (χ0v) is 20.8. The van der Waals surface area contributed by atoms with Gasteiger partial charge in [0.2, 0.25) is 11.6 Å². The number of thiazole rings is 1. The van der Waals surface area contributed by atoms with Gasteiger partial charge in [-0.3, -0.25) is 4.79 Å². The normalized spacial score (nSPS) is 18.4. The van der Waals surface area contributed by atoms with Gasteiger partial charge in [-0.25, -0.2) is 15.0 Å². The predicted octanol–water partition coefficient (Wildman–Crippen LogP) is 5.06. The van der Waals surface area contributed by atoms with Crippen molar-refractivity contribution in [1.82, 2.24) is 19.9 Å². The molecular formula is C24H20ClF3N5O3S. The first-order valence-electron chi connectivity index (χ1n) is 11.4. The zero-order valence-electron chi connectivity index (χ0n) is 19.2. The Labute approximate surface area is 219 Å². The number of carbonyl (C=O) groups is 1. The molecule has 0 saturated carbocycles. The summed E-state index contributed by atoms with van der Waals surface area (Å²) >= 11 is 7.78. The third-order valence-corrected chi connectivity index (χ3v) is 7.44. The van der Waals surface area contributed by atoms with Crippen molar-refractivity contribution in [2.45, 2.75) is 37.5 Å². The largest absolute Gasteiger partial charge is 0.466 e. The van der Waals surface area contributed by atoms with Gasteiger partial charge in [-0.15, -0.1) is 11.3 Å². The van der Waals surface area contributed by atoms with E-state index in [1.165, 1.54) is 11.3 Å². The van der Waals surface area contributed by atoms with Crippen LogP contribution in [0.15, 0.2) is 41.1 Å². The van der Waals surface area contributed by atoms with Crippen molar-refractivity contribution in [2.75, 3.05) is 19.7 Å². The fourth-order valence-corrected chi connectivity index (χ4v) is 5.44. The van der Waals surface area contributed by atoms with E-state index in [0.29, 0.717) is 37.4 Å². The lowest BCUT2D eigenvalue weighted by atomic mass is 9.97. The maximum Gasteiger partial charge on any atom is 0.438 e. The fourth-order valence-electron chi connectivity index (χ4n) is 4.19. The molecular weight excluding hydrogens is 531 g/mol. The van der Waals surface area contributed by atoms with Gasteiger partial charge in [0.25, 0.3) is 5.91 Å². The van der Waals surface area contributed by atoms with Gasteiger partial charge in [-0.05, 0) is 25.0 Å². The second-order valence-electron chi connectivity index (χ2n) is 8.49. The zero-order chi connectivity index (χ0) is 26.0. The van der Waals surface area contributed by atoms with Crippen LogP contribution in [0.1, 0.15) is 53.2 Å². The number of oxime groups is 1. The molecule has 1 aromatic carbocycles. The summed E-state index contributed by atoms with van der Waals surface area (Å²) in [4.78, 5) is 31.3. The third kappa shape index (κ3) is 5.69. The van der Waals surface area contributed by atoms with Crippen LogP contribution in [-0.2, 0) is 15.8 Å². The van der Waals surface area contributed by atoms with E-state index < -0.39 is 30.3 Å². The Balaban J connectivity index is 1.13. The summed E-state index contributed by atoms with van der Waals surface area (Å²) in [6.07, 6.45) is -1.12. The fraction of sp³-hybridized carbons (Fsp3) is 0.375. The number of hydrogen-bond acceptors (Lipinski definition) is 8. The molecule has 1 unspecified atom stereocenters. The average molecular weight is 551 g/mol. The Bertz CT molecular complexity index is 1310. The minimum atomic E-state index is -4.72. The molecule has 2 aliphatic rings. The van der Waals surface area contributed by atoms with E-state index in [0.717, 1.165) is 34.4 Å². The summed E-state index contributed by atoms with van der Waals surface area (Å²) in [6.45, 7) is 0.351. The van der Waals surface area contributed by atoms with Crippen LogP contribution >= 0.6 is 22.9 Å². The standard InChI is InChI=1S/C24H20ClF3N5O3S/c25-16-4-2-1-3-15(16)19-11-17(32-36-19)18-13-37-23(31-18)14-5-9-33(10-6-14)20(34)12-35-22-21(24(26,27)28)29-7-8-30-22/h1-2,4,7-8,13-14,19H,5-6,9-12H2. The quantitative estimate of drug-likeness (QED) is 0.426. The highest BCUT2D eigenvalue weighted by atomic mass is 35.5. The van der Waals surface area contributed by atoms with Gasteiger partial charge < -0.3 is 14.5 Å². The molecule has 1 amide bonds. The van der Waals surface area contributed by atoms with Crippen molar-refractivity contribution in [2.24, 2.45) is 5.16 Å². The Hall–Kier alpha value is -3.25. The van der Waals surface area contributed by atoms with Gasteiger partial charge in [0.15, 0.2) is 12.7 Å². The molecule has 8 nitrogen and oxygen atoms in total. The maximum absolute atomic E-state index is 13.0. The molecule has 4 heterocycles.